The van der Waals surface area contributed by atoms with E-state index in [1.807, 2.05) is 0 Å². The number of nitrogens with one attached hydrogen (secondary N) is 1. The van der Waals surface area contributed by atoms with Crippen molar-refractivity contribution in [3.8, 4) is 11.5 Å². The summed E-state index contributed by atoms with van der Waals surface area (Å²) in [6.07, 6.45) is 1.18. The highest BCUT2D eigenvalue weighted by Crippen LogP contribution is 2.28. The molecule has 30 heavy (non-hydrogen) atoms. The molecule has 1 aliphatic rings. The van der Waals surface area contributed by atoms with Crippen LogP contribution in [0, 0.1) is 0 Å². The van der Waals surface area contributed by atoms with Gasteiger partial charge in [0, 0.05) is 10.6 Å². The molecule has 10 heteroatoms. The van der Waals surface area contributed by atoms with Crippen molar-refractivity contribution in [1.82, 2.24) is 5.32 Å². The number of carbonyl (C=O) groups is 4. The first-order valence-electron chi connectivity index (χ1n) is 8.50. The maximum absolute atomic E-state index is 12.9. The van der Waals surface area contributed by atoms with E-state index in [0.717, 1.165) is 4.90 Å². The maximum Gasteiger partial charge on any atom is 0.341 e. The number of ether oxygens (including phenoxy) is 2. The number of urea groups is 1. The Labute approximate surface area is 175 Å². The number of rotatable bonds is 6. The van der Waals surface area contributed by atoms with Gasteiger partial charge < -0.3 is 14.6 Å². The van der Waals surface area contributed by atoms with Gasteiger partial charge in [0.2, 0.25) is 0 Å². The van der Waals surface area contributed by atoms with Crippen molar-refractivity contribution in [2.24, 2.45) is 0 Å². The zero-order chi connectivity index (χ0) is 21.8. The van der Waals surface area contributed by atoms with Crippen molar-refractivity contribution in [3.63, 3.8) is 0 Å². The molecule has 0 aromatic heterocycles. The number of aliphatic carboxylic acids is 1. The highest BCUT2D eigenvalue weighted by Gasteiger charge is 2.37. The van der Waals surface area contributed by atoms with Crippen LogP contribution in [0.1, 0.15) is 5.56 Å². The van der Waals surface area contributed by atoms with E-state index in [-0.39, 0.29) is 27.6 Å². The highest BCUT2D eigenvalue weighted by molar-refractivity contribution is 6.39. The molecule has 154 valence electrons. The molecule has 1 fully saturated rings. The molecule has 1 heterocycles. The van der Waals surface area contributed by atoms with Gasteiger partial charge in [-0.05, 0) is 48.5 Å². The Morgan fingerprint density at radius 3 is 2.50 bits per heavy atom. The van der Waals surface area contributed by atoms with Crippen LogP contribution in [0.2, 0.25) is 5.02 Å². The van der Waals surface area contributed by atoms with Gasteiger partial charge in [0.05, 0.1) is 12.8 Å². The van der Waals surface area contributed by atoms with E-state index in [9.17, 15) is 19.2 Å². The van der Waals surface area contributed by atoms with E-state index in [0.29, 0.717) is 5.75 Å². The number of amides is 4. The third-order valence-electron chi connectivity index (χ3n) is 4.06. The number of barbiturate groups is 1. The molecule has 0 atom stereocenters. The fourth-order valence-corrected chi connectivity index (χ4v) is 2.86. The van der Waals surface area contributed by atoms with E-state index < -0.39 is 30.4 Å². The first kappa shape index (κ1) is 20.9. The molecule has 3 rings (SSSR count). The van der Waals surface area contributed by atoms with Gasteiger partial charge in [0.15, 0.2) is 6.61 Å². The number of benzene rings is 2. The van der Waals surface area contributed by atoms with Gasteiger partial charge in [-0.3, -0.25) is 14.9 Å². The summed E-state index contributed by atoms with van der Waals surface area (Å²) in [6, 6.07) is 9.48. The summed E-state index contributed by atoms with van der Waals surface area (Å²) >= 11 is 5.98. The van der Waals surface area contributed by atoms with E-state index in [1.165, 1.54) is 43.5 Å². The SMILES string of the molecule is COc1ccc(N2C(=O)NC(=O)/C(=C\c3cc(Cl)ccc3OCC(=O)O)C2=O)cc1. The minimum atomic E-state index is -1.20. The summed E-state index contributed by atoms with van der Waals surface area (Å²) in [5.74, 6) is -2.35. The summed E-state index contributed by atoms with van der Waals surface area (Å²) in [5, 5.41) is 11.2. The van der Waals surface area contributed by atoms with Crippen molar-refractivity contribution >= 4 is 47.2 Å². The number of anilines is 1. The minimum Gasteiger partial charge on any atom is -0.497 e. The van der Waals surface area contributed by atoms with E-state index in [4.69, 9.17) is 26.2 Å². The molecular formula is C20H15ClN2O7. The van der Waals surface area contributed by atoms with Crippen molar-refractivity contribution in [2.75, 3.05) is 18.6 Å². The van der Waals surface area contributed by atoms with Crippen molar-refractivity contribution in [1.29, 1.82) is 0 Å². The summed E-state index contributed by atoms with van der Waals surface area (Å²) in [6.45, 7) is -0.631. The summed E-state index contributed by atoms with van der Waals surface area (Å²) in [5.41, 5.74) is 0.0734. The lowest BCUT2D eigenvalue weighted by atomic mass is 10.1. The van der Waals surface area contributed by atoms with Crippen LogP contribution in [0.5, 0.6) is 11.5 Å². The third kappa shape index (κ3) is 4.41. The van der Waals surface area contributed by atoms with Crippen LogP contribution in [0.25, 0.3) is 6.08 Å². The Balaban J connectivity index is 2.00. The molecule has 9 nitrogen and oxygen atoms in total. The van der Waals surface area contributed by atoms with E-state index in [2.05, 4.69) is 5.32 Å². The van der Waals surface area contributed by atoms with Crippen LogP contribution in [-0.4, -0.2) is 42.6 Å². The van der Waals surface area contributed by atoms with Gasteiger partial charge in [-0.25, -0.2) is 14.5 Å². The zero-order valence-electron chi connectivity index (χ0n) is 15.5. The van der Waals surface area contributed by atoms with Gasteiger partial charge in [-0.2, -0.15) is 0 Å². The molecule has 1 aliphatic heterocycles. The summed E-state index contributed by atoms with van der Waals surface area (Å²) in [4.78, 5) is 49.1. The predicted octanol–water partition coefficient (Wildman–Crippen LogP) is 2.48. The van der Waals surface area contributed by atoms with Crippen LogP contribution in [0.4, 0.5) is 10.5 Å². The molecule has 0 radical (unpaired) electrons. The quantitative estimate of drug-likeness (QED) is 0.533. The number of imide groups is 2. The van der Waals surface area contributed by atoms with Gasteiger partial charge >= 0.3 is 12.0 Å². The lowest BCUT2D eigenvalue weighted by Crippen LogP contribution is -2.54. The van der Waals surface area contributed by atoms with Crippen LogP contribution in [-0.2, 0) is 14.4 Å². The Morgan fingerprint density at radius 2 is 1.87 bits per heavy atom. The molecule has 2 aromatic carbocycles. The van der Waals surface area contributed by atoms with E-state index >= 15 is 0 Å². The molecule has 0 saturated carbocycles. The average molecular weight is 431 g/mol. The molecule has 2 aromatic rings. The Hall–Kier alpha value is -3.85. The first-order valence-corrected chi connectivity index (χ1v) is 8.87. The number of hydrogen-bond donors (Lipinski definition) is 2. The maximum atomic E-state index is 12.9. The Kier molecular flexibility index (Phi) is 6.03. The predicted molar refractivity (Wildman–Crippen MR) is 107 cm³/mol. The highest BCUT2D eigenvalue weighted by atomic mass is 35.5. The molecule has 0 spiro atoms. The van der Waals surface area contributed by atoms with Crippen LogP contribution in [0.15, 0.2) is 48.0 Å². The normalized spacial score (nSPS) is 15.2. The number of halogens is 1. The van der Waals surface area contributed by atoms with E-state index in [1.54, 1.807) is 12.1 Å². The number of carbonyl (C=O) groups excluding carboxylic acids is 3. The molecular weight excluding hydrogens is 416 g/mol. The van der Waals surface area contributed by atoms with Crippen LogP contribution in [0.3, 0.4) is 0 Å². The Morgan fingerprint density at radius 1 is 1.17 bits per heavy atom. The molecule has 0 bridgehead atoms. The number of carboxylic acid groups (broad SMARTS) is 1. The largest absolute Gasteiger partial charge is 0.497 e. The molecule has 4 amide bonds. The first-order chi connectivity index (χ1) is 14.3. The molecule has 0 unspecified atom stereocenters. The summed E-state index contributed by atoms with van der Waals surface area (Å²) < 4.78 is 10.2. The van der Waals surface area contributed by atoms with Crippen LogP contribution >= 0.6 is 11.6 Å². The second-order valence-electron chi connectivity index (χ2n) is 6.02. The van der Waals surface area contributed by atoms with Gasteiger partial charge in [-0.1, -0.05) is 11.6 Å². The standard InChI is InChI=1S/C20H15ClN2O7/c1-29-14-5-3-13(4-6-14)23-19(27)15(18(26)22-20(23)28)9-11-8-12(21)2-7-16(11)30-10-17(24)25/h2-9H,10H2,1H3,(H,24,25)(H,22,26,28)/b15-9+. The second-order valence-corrected chi connectivity index (χ2v) is 6.46. The number of hydrogen-bond acceptors (Lipinski definition) is 6. The average Bonchev–Trinajstić information content (AvgIpc) is 2.70. The smallest absolute Gasteiger partial charge is 0.341 e. The monoisotopic (exact) mass is 430 g/mol. The number of methoxy groups -OCH3 is 1. The van der Waals surface area contributed by atoms with Crippen molar-refractivity contribution in [2.45, 2.75) is 0 Å². The number of nitrogens with zero attached hydrogens (tertiary/aromatic N) is 1. The Bertz CT molecular complexity index is 1060. The third-order valence-corrected chi connectivity index (χ3v) is 4.29. The molecule has 0 aliphatic carbocycles. The molecule has 1 saturated heterocycles. The zero-order valence-corrected chi connectivity index (χ0v) is 16.3. The lowest BCUT2D eigenvalue weighted by Gasteiger charge is -2.26. The minimum absolute atomic E-state index is 0.0998. The topological polar surface area (TPSA) is 122 Å². The van der Waals surface area contributed by atoms with Gasteiger partial charge in [0.1, 0.15) is 17.1 Å². The van der Waals surface area contributed by atoms with Gasteiger partial charge in [0.25, 0.3) is 11.8 Å². The van der Waals surface area contributed by atoms with Crippen LogP contribution < -0.4 is 19.7 Å². The summed E-state index contributed by atoms with van der Waals surface area (Å²) in [7, 11) is 1.47. The van der Waals surface area contributed by atoms with Crippen molar-refractivity contribution in [3.05, 3.63) is 58.6 Å². The fourth-order valence-electron chi connectivity index (χ4n) is 2.68. The fraction of sp³-hybridized carbons (Fsp3) is 0.100. The van der Waals surface area contributed by atoms with Gasteiger partial charge in [-0.15, -0.1) is 0 Å². The molecule has 2 N–H and O–H groups in total. The second kappa shape index (κ2) is 8.66. The van der Waals surface area contributed by atoms with Crippen molar-refractivity contribution < 1.29 is 33.8 Å². The number of carboxylic acids is 1. The lowest BCUT2D eigenvalue weighted by molar-refractivity contribution is -0.139.